The summed E-state index contributed by atoms with van der Waals surface area (Å²) in [6.07, 6.45) is 0. The van der Waals surface area contributed by atoms with Crippen LogP contribution in [-0.2, 0) is 0 Å². The van der Waals surface area contributed by atoms with Gasteiger partial charge in [-0.1, -0.05) is 6.07 Å². The molecule has 0 fully saturated rings. The summed E-state index contributed by atoms with van der Waals surface area (Å²) in [5.41, 5.74) is 3.42. The lowest BCUT2D eigenvalue weighted by Gasteiger charge is -1.88. The average Bonchev–Trinajstić information content (AvgIpc) is 2.93. The van der Waals surface area contributed by atoms with Crippen LogP contribution in [0.15, 0.2) is 28.1 Å². The van der Waals surface area contributed by atoms with Gasteiger partial charge in [0.05, 0.1) is 19.7 Å². The number of hydrogen-bond acceptors (Lipinski definition) is 3. The number of thiophene rings is 1. The number of nitriles is 1. The van der Waals surface area contributed by atoms with Gasteiger partial charge >= 0.3 is 0 Å². The van der Waals surface area contributed by atoms with E-state index in [4.69, 9.17) is 5.26 Å². The fraction of sp³-hybridized carbons (Fsp3) is 0.0769. The number of hydrogen-bond donors (Lipinski definition) is 1. The highest BCUT2D eigenvalue weighted by atomic mass is 79.9. The zero-order chi connectivity index (χ0) is 12.7. The molecule has 0 radical (unpaired) electrons. The van der Waals surface area contributed by atoms with Gasteiger partial charge in [0.15, 0.2) is 0 Å². The van der Waals surface area contributed by atoms with Crippen molar-refractivity contribution >= 4 is 38.3 Å². The van der Waals surface area contributed by atoms with E-state index in [1.807, 2.05) is 19.1 Å². The summed E-state index contributed by atoms with van der Waals surface area (Å²) in [6, 6.07) is 9.82. The summed E-state index contributed by atoms with van der Waals surface area (Å²) in [7, 11) is 0. The molecule has 0 spiro atoms. The molecule has 0 atom stereocenters. The number of nitrogens with one attached hydrogen (secondary N) is 1. The normalized spacial score (nSPS) is 10.7. The lowest BCUT2D eigenvalue weighted by Crippen LogP contribution is -1.76. The Bertz CT molecular complexity index is 760. The summed E-state index contributed by atoms with van der Waals surface area (Å²) in [4.78, 5) is 8.84. The maximum Gasteiger partial charge on any atom is 0.148 e. The molecule has 3 nitrogen and oxygen atoms in total. The van der Waals surface area contributed by atoms with Crippen LogP contribution in [-0.4, -0.2) is 9.97 Å². The number of aromatic nitrogens is 2. The van der Waals surface area contributed by atoms with E-state index in [-0.39, 0.29) is 0 Å². The van der Waals surface area contributed by atoms with E-state index in [0.717, 1.165) is 25.5 Å². The van der Waals surface area contributed by atoms with Crippen LogP contribution in [0, 0.1) is 18.3 Å². The molecule has 5 heteroatoms. The van der Waals surface area contributed by atoms with Crippen LogP contribution in [0.5, 0.6) is 0 Å². The second-order valence-corrected chi connectivity index (χ2v) is 6.34. The largest absolute Gasteiger partial charge is 0.337 e. The van der Waals surface area contributed by atoms with Gasteiger partial charge in [0, 0.05) is 0 Å². The van der Waals surface area contributed by atoms with Gasteiger partial charge in [-0.3, -0.25) is 0 Å². The highest BCUT2D eigenvalue weighted by Crippen LogP contribution is 2.34. The van der Waals surface area contributed by atoms with Crippen LogP contribution < -0.4 is 0 Å². The molecule has 0 bridgehead atoms. The van der Waals surface area contributed by atoms with E-state index in [0.29, 0.717) is 5.56 Å². The Balaban J connectivity index is 2.23. The molecule has 0 saturated carbocycles. The summed E-state index contributed by atoms with van der Waals surface area (Å²) in [5.74, 6) is 0.812. The predicted molar refractivity (Wildman–Crippen MR) is 76.6 cm³/mol. The minimum atomic E-state index is 0.599. The van der Waals surface area contributed by atoms with Crippen LogP contribution in [0.25, 0.3) is 21.7 Å². The zero-order valence-corrected chi connectivity index (χ0v) is 11.9. The molecule has 0 amide bonds. The van der Waals surface area contributed by atoms with Crippen molar-refractivity contribution in [2.24, 2.45) is 0 Å². The van der Waals surface area contributed by atoms with Crippen LogP contribution in [0.1, 0.15) is 11.1 Å². The molecule has 3 rings (SSSR count). The third-order valence-corrected chi connectivity index (χ3v) is 4.87. The fourth-order valence-corrected chi connectivity index (χ4v) is 3.30. The number of H-pyrrole nitrogens is 1. The van der Waals surface area contributed by atoms with Gasteiger partial charge in [0.25, 0.3) is 0 Å². The van der Waals surface area contributed by atoms with Crippen molar-refractivity contribution in [3.05, 3.63) is 39.2 Å². The van der Waals surface area contributed by atoms with Crippen LogP contribution in [0.3, 0.4) is 0 Å². The summed E-state index contributed by atoms with van der Waals surface area (Å²) in [5, 5.41) is 9.05. The van der Waals surface area contributed by atoms with E-state index < -0.39 is 0 Å². The summed E-state index contributed by atoms with van der Waals surface area (Å²) in [6.45, 7) is 2.05. The zero-order valence-electron chi connectivity index (χ0n) is 9.49. The number of aromatic amines is 1. The van der Waals surface area contributed by atoms with Gasteiger partial charge in [-0.15, -0.1) is 11.3 Å². The predicted octanol–water partition coefficient (Wildman–Crippen LogP) is 4.23. The molecule has 0 aliphatic rings. The third-order valence-electron chi connectivity index (χ3n) is 2.72. The number of benzene rings is 1. The smallest absolute Gasteiger partial charge is 0.148 e. The lowest BCUT2D eigenvalue weighted by molar-refractivity contribution is 1.35. The molecule has 88 valence electrons. The minimum Gasteiger partial charge on any atom is -0.337 e. The minimum absolute atomic E-state index is 0.599. The topological polar surface area (TPSA) is 52.5 Å². The van der Waals surface area contributed by atoms with Gasteiger partial charge in [-0.05, 0) is 46.6 Å². The Morgan fingerprint density at radius 3 is 2.94 bits per heavy atom. The number of fused-ring (bicyclic) bond motifs is 1. The highest BCUT2D eigenvalue weighted by Gasteiger charge is 2.11. The highest BCUT2D eigenvalue weighted by molar-refractivity contribution is 9.11. The molecule has 1 N–H and O–H groups in total. The van der Waals surface area contributed by atoms with Crippen molar-refractivity contribution < 1.29 is 0 Å². The average molecular weight is 318 g/mol. The number of para-hydroxylation sites is 1. The maximum atomic E-state index is 9.05. The fourth-order valence-electron chi connectivity index (χ4n) is 1.82. The van der Waals surface area contributed by atoms with Crippen molar-refractivity contribution in [3.63, 3.8) is 0 Å². The second-order valence-electron chi connectivity index (χ2n) is 3.97. The molecule has 0 aliphatic carbocycles. The standard InChI is InChI=1S/C13H8BrN3S/c1-7-5-10(18-12(7)14)13-16-9-4-2-3-8(6-15)11(9)17-13/h2-5H,1H3,(H,16,17). The van der Waals surface area contributed by atoms with Crippen molar-refractivity contribution in [2.75, 3.05) is 0 Å². The third kappa shape index (κ3) is 1.74. The first-order valence-electron chi connectivity index (χ1n) is 5.34. The van der Waals surface area contributed by atoms with E-state index in [2.05, 4.69) is 38.0 Å². The maximum absolute atomic E-state index is 9.05. The van der Waals surface area contributed by atoms with Gasteiger partial charge in [0.1, 0.15) is 17.4 Å². The second kappa shape index (κ2) is 4.23. The SMILES string of the molecule is Cc1cc(-c2nc3c(C#N)cccc3[nH]2)sc1Br. The van der Waals surface area contributed by atoms with Gasteiger partial charge in [-0.25, -0.2) is 4.98 Å². The van der Waals surface area contributed by atoms with E-state index in [1.165, 1.54) is 5.56 Å². The molecule has 2 aromatic heterocycles. The van der Waals surface area contributed by atoms with E-state index in [9.17, 15) is 0 Å². The van der Waals surface area contributed by atoms with E-state index in [1.54, 1.807) is 17.4 Å². The first kappa shape index (κ1) is 11.5. The summed E-state index contributed by atoms with van der Waals surface area (Å²) < 4.78 is 1.11. The Hall–Kier alpha value is -1.64. The monoisotopic (exact) mass is 317 g/mol. The van der Waals surface area contributed by atoms with E-state index >= 15 is 0 Å². The first-order chi connectivity index (χ1) is 8.69. The lowest BCUT2D eigenvalue weighted by atomic mass is 10.2. The number of rotatable bonds is 1. The van der Waals surface area contributed by atoms with Gasteiger partial charge < -0.3 is 4.98 Å². The quantitative estimate of drug-likeness (QED) is 0.730. The molecule has 18 heavy (non-hydrogen) atoms. The van der Waals surface area contributed by atoms with Crippen molar-refractivity contribution in [3.8, 4) is 16.8 Å². The molecular formula is C13H8BrN3S. The van der Waals surface area contributed by atoms with Crippen molar-refractivity contribution in [2.45, 2.75) is 6.92 Å². The van der Waals surface area contributed by atoms with Crippen molar-refractivity contribution in [1.29, 1.82) is 5.26 Å². The molecule has 2 heterocycles. The van der Waals surface area contributed by atoms with Crippen molar-refractivity contribution in [1.82, 2.24) is 9.97 Å². The molecule has 0 aliphatic heterocycles. The number of halogens is 1. The number of imidazole rings is 1. The Kier molecular flexibility index (Phi) is 2.69. The van der Waals surface area contributed by atoms with Crippen LogP contribution in [0.2, 0.25) is 0 Å². The molecular weight excluding hydrogens is 310 g/mol. The number of aryl methyl sites for hydroxylation is 1. The van der Waals surface area contributed by atoms with Gasteiger partial charge in [-0.2, -0.15) is 5.26 Å². The Morgan fingerprint density at radius 1 is 1.44 bits per heavy atom. The molecule has 1 aromatic carbocycles. The Morgan fingerprint density at radius 2 is 2.28 bits per heavy atom. The number of nitrogens with zero attached hydrogens (tertiary/aromatic N) is 2. The molecule has 3 aromatic rings. The molecule has 0 saturated heterocycles. The summed E-state index contributed by atoms with van der Waals surface area (Å²) >= 11 is 5.15. The Labute approximate surface area is 116 Å². The van der Waals surface area contributed by atoms with Crippen LogP contribution in [0.4, 0.5) is 0 Å². The molecule has 0 unspecified atom stereocenters. The van der Waals surface area contributed by atoms with Crippen LogP contribution >= 0.6 is 27.3 Å². The van der Waals surface area contributed by atoms with Gasteiger partial charge in [0.2, 0.25) is 0 Å². The first-order valence-corrected chi connectivity index (χ1v) is 6.95.